The van der Waals surface area contributed by atoms with Crippen molar-refractivity contribution in [2.75, 3.05) is 6.61 Å². The van der Waals surface area contributed by atoms with Gasteiger partial charge in [0.15, 0.2) is 5.79 Å². The minimum Gasteiger partial charge on any atom is -0.365 e. The summed E-state index contributed by atoms with van der Waals surface area (Å²) in [5.74, 6) is 4.19. The van der Waals surface area contributed by atoms with Crippen LogP contribution in [0.25, 0.3) is 0 Å². The van der Waals surface area contributed by atoms with Gasteiger partial charge in [-0.25, -0.2) is 0 Å². The second-order valence-corrected chi connectivity index (χ2v) is 13.3. The molecule has 0 aromatic carbocycles. The van der Waals surface area contributed by atoms with E-state index in [9.17, 15) is 0 Å². The maximum absolute atomic E-state index is 6.93. The molecule has 4 saturated carbocycles. The van der Waals surface area contributed by atoms with Crippen molar-refractivity contribution in [3.8, 4) is 0 Å². The van der Waals surface area contributed by atoms with Gasteiger partial charge >= 0.3 is 0 Å². The van der Waals surface area contributed by atoms with Crippen molar-refractivity contribution in [1.82, 2.24) is 0 Å². The van der Waals surface area contributed by atoms with Crippen molar-refractivity contribution >= 4 is 0 Å². The molecule has 4 aliphatic carbocycles. The van der Waals surface area contributed by atoms with Crippen LogP contribution in [0.1, 0.15) is 91.9 Å². The summed E-state index contributed by atoms with van der Waals surface area (Å²) in [6.07, 6.45) is 14.4. The topological polar surface area (TPSA) is 31.0 Å². The number of fused-ring (bicyclic) bond motifs is 6. The van der Waals surface area contributed by atoms with E-state index in [4.69, 9.17) is 14.2 Å². The van der Waals surface area contributed by atoms with Gasteiger partial charge in [-0.2, -0.15) is 0 Å². The Morgan fingerprint density at radius 2 is 1.67 bits per heavy atom. The number of rotatable bonds is 0. The Morgan fingerprint density at radius 3 is 2.47 bits per heavy atom. The summed E-state index contributed by atoms with van der Waals surface area (Å²) in [6, 6.07) is 0. The maximum Gasteiger partial charge on any atom is 0.171 e. The van der Waals surface area contributed by atoms with Crippen LogP contribution in [0.2, 0.25) is 0 Å². The molecule has 3 aliphatic heterocycles. The van der Waals surface area contributed by atoms with Gasteiger partial charge in [-0.15, -0.1) is 0 Å². The van der Waals surface area contributed by atoms with Gasteiger partial charge in [0.05, 0.1) is 18.8 Å². The number of epoxide rings is 1. The highest BCUT2D eigenvalue weighted by atomic mass is 16.7. The minimum atomic E-state index is -0.274. The number of hydrogen-bond acceptors (Lipinski definition) is 3. The molecule has 0 aromatic heterocycles. The van der Waals surface area contributed by atoms with E-state index in [1.807, 2.05) is 0 Å². The molecule has 0 bridgehead atoms. The molecule has 2 spiro atoms. The Bertz CT molecular complexity index is 742. The van der Waals surface area contributed by atoms with Crippen LogP contribution in [0.3, 0.4) is 0 Å². The normalized spacial score (nSPS) is 66.0. The standard InChI is InChI=1S/C27H42O3/c1-16-7-12-27(28-15-16)17(2)23-21(29-27)14-20-18-13-22-26(30-22)10-6-5-9-25(26,4)19(18)8-11-24(20,23)3/h16-23H,5-15H2,1-4H3/t16-,17+,18-,19+,20+,21+,22?,23+,24+,25-,26?,27-/m1/s1. The first kappa shape index (κ1) is 19.4. The molecule has 0 radical (unpaired) electrons. The molecule has 0 N–H and O–H groups in total. The van der Waals surface area contributed by atoms with Crippen molar-refractivity contribution in [3.63, 3.8) is 0 Å². The van der Waals surface area contributed by atoms with E-state index < -0.39 is 0 Å². The second kappa shape index (κ2) is 5.86. The summed E-state index contributed by atoms with van der Waals surface area (Å²) in [4.78, 5) is 0. The predicted octanol–water partition coefficient (Wildman–Crippen LogP) is 5.95. The third-order valence-corrected chi connectivity index (χ3v) is 12.3. The molecule has 0 aromatic rings. The van der Waals surface area contributed by atoms with E-state index in [-0.39, 0.29) is 11.4 Å². The first-order valence-corrected chi connectivity index (χ1v) is 13.3. The Morgan fingerprint density at radius 1 is 0.833 bits per heavy atom. The average Bonchev–Trinajstić information content (AvgIpc) is 3.25. The fourth-order valence-electron chi connectivity index (χ4n) is 10.7. The summed E-state index contributed by atoms with van der Waals surface area (Å²) in [7, 11) is 0. The quantitative estimate of drug-likeness (QED) is 0.459. The molecule has 3 saturated heterocycles. The lowest BCUT2D eigenvalue weighted by molar-refractivity contribution is -0.272. The van der Waals surface area contributed by atoms with Crippen LogP contribution in [0.5, 0.6) is 0 Å². The van der Waals surface area contributed by atoms with E-state index in [0.29, 0.717) is 40.8 Å². The van der Waals surface area contributed by atoms with Crippen molar-refractivity contribution in [2.45, 2.75) is 115 Å². The van der Waals surface area contributed by atoms with Gasteiger partial charge in [-0.05, 0) is 80.0 Å². The first-order chi connectivity index (χ1) is 14.3. The molecule has 0 amide bonds. The van der Waals surface area contributed by atoms with Crippen LogP contribution >= 0.6 is 0 Å². The molecule has 3 nitrogen and oxygen atoms in total. The van der Waals surface area contributed by atoms with Gasteiger partial charge in [-0.1, -0.05) is 40.5 Å². The SMILES string of the molecule is C[C@@H]1CC[C@@]2(OC1)O[C@H]1C[C@H]3[C@@H]4CC5OC56CCCC[C@]6(C)[C@H]4CC[C@]3(C)[C@H]1[C@@H]2C. The smallest absolute Gasteiger partial charge is 0.171 e. The van der Waals surface area contributed by atoms with E-state index in [0.717, 1.165) is 30.8 Å². The molecule has 168 valence electrons. The number of ether oxygens (including phenoxy) is 3. The Kier molecular flexibility index (Phi) is 3.78. The largest absolute Gasteiger partial charge is 0.365 e. The summed E-state index contributed by atoms with van der Waals surface area (Å²) < 4.78 is 20.0. The summed E-state index contributed by atoms with van der Waals surface area (Å²) in [6.45, 7) is 11.0. The summed E-state index contributed by atoms with van der Waals surface area (Å²) in [5, 5.41) is 0. The van der Waals surface area contributed by atoms with Crippen LogP contribution in [0, 0.1) is 46.3 Å². The summed E-state index contributed by atoms with van der Waals surface area (Å²) >= 11 is 0. The van der Waals surface area contributed by atoms with Gasteiger partial charge in [-0.3, -0.25) is 0 Å². The molecule has 30 heavy (non-hydrogen) atoms. The zero-order valence-corrected chi connectivity index (χ0v) is 19.6. The van der Waals surface area contributed by atoms with Crippen LogP contribution < -0.4 is 0 Å². The highest BCUT2D eigenvalue weighted by molar-refractivity contribution is 5.24. The monoisotopic (exact) mass is 414 g/mol. The van der Waals surface area contributed by atoms with Crippen molar-refractivity contribution < 1.29 is 14.2 Å². The van der Waals surface area contributed by atoms with Gasteiger partial charge in [0.1, 0.15) is 5.60 Å². The molecule has 3 heteroatoms. The van der Waals surface area contributed by atoms with E-state index in [1.165, 1.54) is 57.8 Å². The highest BCUT2D eigenvalue weighted by Crippen LogP contribution is 2.75. The average molecular weight is 415 g/mol. The fourth-order valence-corrected chi connectivity index (χ4v) is 10.7. The third kappa shape index (κ3) is 2.10. The highest BCUT2D eigenvalue weighted by Gasteiger charge is 2.76. The third-order valence-electron chi connectivity index (χ3n) is 12.3. The molecule has 7 rings (SSSR count). The predicted molar refractivity (Wildman–Crippen MR) is 116 cm³/mol. The molecule has 3 heterocycles. The Hall–Kier alpha value is -0.120. The van der Waals surface area contributed by atoms with Gasteiger partial charge in [0, 0.05) is 17.8 Å². The first-order valence-electron chi connectivity index (χ1n) is 13.3. The summed E-state index contributed by atoms with van der Waals surface area (Å²) in [5.41, 5.74) is 1.14. The Labute approximate surface area is 183 Å². The minimum absolute atomic E-state index is 0.273. The lowest BCUT2D eigenvalue weighted by atomic mass is 9.44. The van der Waals surface area contributed by atoms with E-state index in [2.05, 4.69) is 27.7 Å². The fraction of sp³-hybridized carbons (Fsp3) is 1.00. The van der Waals surface area contributed by atoms with Crippen LogP contribution in [-0.2, 0) is 14.2 Å². The van der Waals surface area contributed by atoms with Crippen LogP contribution in [0.4, 0.5) is 0 Å². The second-order valence-electron chi connectivity index (χ2n) is 13.3. The van der Waals surface area contributed by atoms with Gasteiger partial charge in [0.25, 0.3) is 0 Å². The van der Waals surface area contributed by atoms with Gasteiger partial charge in [0.2, 0.25) is 0 Å². The zero-order valence-electron chi connectivity index (χ0n) is 19.6. The van der Waals surface area contributed by atoms with Crippen LogP contribution in [-0.4, -0.2) is 30.2 Å². The van der Waals surface area contributed by atoms with E-state index in [1.54, 1.807) is 0 Å². The van der Waals surface area contributed by atoms with Crippen LogP contribution in [0.15, 0.2) is 0 Å². The maximum atomic E-state index is 6.93. The molecule has 2 unspecified atom stereocenters. The van der Waals surface area contributed by atoms with E-state index >= 15 is 0 Å². The molecule has 12 atom stereocenters. The molecule has 7 aliphatic rings. The molecular formula is C27H42O3. The Balaban J connectivity index is 1.19. The zero-order chi connectivity index (χ0) is 20.5. The number of hydrogen-bond donors (Lipinski definition) is 0. The van der Waals surface area contributed by atoms with Crippen molar-refractivity contribution in [2.24, 2.45) is 46.3 Å². The lowest BCUT2D eigenvalue weighted by Crippen LogP contribution is -2.57. The lowest BCUT2D eigenvalue weighted by Gasteiger charge is -2.59. The molecule has 7 fully saturated rings. The van der Waals surface area contributed by atoms with Gasteiger partial charge < -0.3 is 14.2 Å². The molecular weight excluding hydrogens is 372 g/mol. The van der Waals surface area contributed by atoms with Crippen molar-refractivity contribution in [3.05, 3.63) is 0 Å². The van der Waals surface area contributed by atoms with Crippen molar-refractivity contribution in [1.29, 1.82) is 0 Å².